The summed E-state index contributed by atoms with van der Waals surface area (Å²) in [5.41, 5.74) is 0.123. The van der Waals surface area contributed by atoms with Crippen LogP contribution in [0.5, 0.6) is 0 Å². The van der Waals surface area contributed by atoms with Crippen molar-refractivity contribution < 1.29 is 4.79 Å². The standard InChI is InChI=1S/C19H35N5O/c1-3-8-23-10-5-16(6-11-23)13-21-18(20-2)24-9-4-7-19(15-24)12-17(25)22-14-19/h16H,3-15H2,1-2H3,(H,20,21)(H,22,25). The number of rotatable bonds is 4. The van der Waals surface area contributed by atoms with Gasteiger partial charge in [0.1, 0.15) is 0 Å². The first-order valence-corrected chi connectivity index (χ1v) is 10.1. The highest BCUT2D eigenvalue weighted by atomic mass is 16.1. The van der Waals surface area contributed by atoms with Crippen LogP contribution in [0.2, 0.25) is 0 Å². The van der Waals surface area contributed by atoms with Crippen LogP contribution in [0.25, 0.3) is 0 Å². The van der Waals surface area contributed by atoms with E-state index >= 15 is 0 Å². The van der Waals surface area contributed by atoms with Gasteiger partial charge in [-0.3, -0.25) is 9.79 Å². The molecule has 1 amide bonds. The largest absolute Gasteiger partial charge is 0.356 e. The van der Waals surface area contributed by atoms with Crippen molar-refractivity contribution in [3.05, 3.63) is 0 Å². The maximum atomic E-state index is 11.7. The molecule has 0 saturated carbocycles. The summed E-state index contributed by atoms with van der Waals surface area (Å²) in [4.78, 5) is 21.2. The minimum atomic E-state index is 0.123. The summed E-state index contributed by atoms with van der Waals surface area (Å²) < 4.78 is 0. The Hall–Kier alpha value is -1.30. The van der Waals surface area contributed by atoms with Crippen molar-refractivity contribution >= 4 is 11.9 Å². The predicted molar refractivity (Wildman–Crippen MR) is 102 cm³/mol. The minimum absolute atomic E-state index is 0.123. The van der Waals surface area contributed by atoms with Crippen LogP contribution < -0.4 is 10.6 Å². The molecule has 0 radical (unpaired) electrons. The Kier molecular flexibility index (Phi) is 6.20. The molecule has 2 N–H and O–H groups in total. The third-order valence-corrected chi connectivity index (χ3v) is 6.16. The van der Waals surface area contributed by atoms with E-state index in [0.29, 0.717) is 6.42 Å². The third-order valence-electron chi connectivity index (χ3n) is 6.16. The van der Waals surface area contributed by atoms with Crippen molar-refractivity contribution in [1.82, 2.24) is 20.4 Å². The topological polar surface area (TPSA) is 60.0 Å². The van der Waals surface area contributed by atoms with E-state index in [0.717, 1.165) is 50.9 Å². The van der Waals surface area contributed by atoms with Gasteiger partial charge in [-0.1, -0.05) is 6.92 Å². The van der Waals surface area contributed by atoms with Crippen LogP contribution in [-0.4, -0.2) is 74.5 Å². The molecule has 0 aromatic rings. The number of guanidine groups is 1. The van der Waals surface area contributed by atoms with Crippen LogP contribution in [-0.2, 0) is 4.79 Å². The van der Waals surface area contributed by atoms with Gasteiger partial charge in [-0.25, -0.2) is 0 Å². The van der Waals surface area contributed by atoms with Gasteiger partial charge in [0.25, 0.3) is 0 Å². The lowest BCUT2D eigenvalue weighted by Gasteiger charge is -2.41. The van der Waals surface area contributed by atoms with Crippen LogP contribution in [0.4, 0.5) is 0 Å². The smallest absolute Gasteiger partial charge is 0.220 e. The van der Waals surface area contributed by atoms with Gasteiger partial charge < -0.3 is 20.4 Å². The van der Waals surface area contributed by atoms with Crippen molar-refractivity contribution in [2.45, 2.75) is 45.4 Å². The molecule has 3 aliphatic rings. The van der Waals surface area contributed by atoms with Gasteiger partial charge in [-0.15, -0.1) is 0 Å². The zero-order chi connectivity index (χ0) is 17.7. The number of hydrogen-bond acceptors (Lipinski definition) is 3. The minimum Gasteiger partial charge on any atom is -0.356 e. The summed E-state index contributed by atoms with van der Waals surface area (Å²) in [6.45, 7) is 9.81. The van der Waals surface area contributed by atoms with E-state index in [9.17, 15) is 4.79 Å². The summed E-state index contributed by atoms with van der Waals surface area (Å²) >= 11 is 0. The Balaban J connectivity index is 1.47. The van der Waals surface area contributed by atoms with E-state index in [4.69, 9.17) is 0 Å². The lowest BCUT2D eigenvalue weighted by atomic mass is 9.79. The fourth-order valence-electron chi connectivity index (χ4n) is 4.73. The molecule has 3 aliphatic heterocycles. The Morgan fingerprint density at radius 1 is 1.36 bits per heavy atom. The molecule has 6 heteroatoms. The number of nitrogens with zero attached hydrogens (tertiary/aromatic N) is 3. The first-order chi connectivity index (χ1) is 12.1. The summed E-state index contributed by atoms with van der Waals surface area (Å²) in [6.07, 6.45) is 6.79. The second kappa shape index (κ2) is 8.39. The molecule has 0 aromatic carbocycles. The van der Waals surface area contributed by atoms with Crippen molar-refractivity contribution in [2.75, 3.05) is 52.9 Å². The van der Waals surface area contributed by atoms with E-state index in [2.05, 4.69) is 32.3 Å². The molecule has 6 nitrogen and oxygen atoms in total. The maximum absolute atomic E-state index is 11.7. The molecule has 1 spiro atoms. The Morgan fingerprint density at radius 2 is 2.16 bits per heavy atom. The lowest BCUT2D eigenvalue weighted by Crippen LogP contribution is -2.52. The zero-order valence-corrected chi connectivity index (χ0v) is 16.0. The highest BCUT2D eigenvalue weighted by Gasteiger charge is 2.42. The van der Waals surface area contributed by atoms with Gasteiger partial charge in [0.2, 0.25) is 5.91 Å². The van der Waals surface area contributed by atoms with Crippen molar-refractivity contribution in [3.8, 4) is 0 Å². The molecule has 3 rings (SSSR count). The van der Waals surface area contributed by atoms with E-state index in [1.807, 2.05) is 7.05 Å². The van der Waals surface area contributed by atoms with Gasteiger partial charge in [0.15, 0.2) is 5.96 Å². The van der Waals surface area contributed by atoms with Crippen LogP contribution in [0.1, 0.15) is 45.4 Å². The average molecular weight is 350 g/mol. The van der Waals surface area contributed by atoms with Crippen LogP contribution in [0.15, 0.2) is 4.99 Å². The van der Waals surface area contributed by atoms with Gasteiger partial charge in [0, 0.05) is 45.1 Å². The van der Waals surface area contributed by atoms with Crippen molar-refractivity contribution in [3.63, 3.8) is 0 Å². The monoisotopic (exact) mass is 349 g/mol. The van der Waals surface area contributed by atoms with Crippen LogP contribution in [0.3, 0.4) is 0 Å². The molecule has 0 aromatic heterocycles. The van der Waals surface area contributed by atoms with Gasteiger partial charge in [-0.2, -0.15) is 0 Å². The fourth-order valence-corrected chi connectivity index (χ4v) is 4.73. The molecule has 3 saturated heterocycles. The van der Waals surface area contributed by atoms with E-state index in [1.54, 1.807) is 0 Å². The Morgan fingerprint density at radius 3 is 2.80 bits per heavy atom. The zero-order valence-electron chi connectivity index (χ0n) is 16.0. The SMILES string of the molecule is CCCN1CCC(CNC(=NC)N2CCCC3(CNC(=O)C3)C2)CC1. The normalized spacial score (nSPS) is 29.3. The summed E-state index contributed by atoms with van der Waals surface area (Å²) in [6, 6.07) is 0. The lowest BCUT2D eigenvalue weighted by molar-refractivity contribution is -0.119. The van der Waals surface area contributed by atoms with Gasteiger partial charge in [0.05, 0.1) is 0 Å². The second-order valence-electron chi connectivity index (χ2n) is 8.19. The van der Waals surface area contributed by atoms with E-state index in [-0.39, 0.29) is 11.3 Å². The molecule has 3 fully saturated rings. The molecule has 25 heavy (non-hydrogen) atoms. The van der Waals surface area contributed by atoms with Crippen molar-refractivity contribution in [2.24, 2.45) is 16.3 Å². The molecular formula is C19H35N5O. The second-order valence-corrected chi connectivity index (χ2v) is 8.19. The molecular weight excluding hydrogens is 314 g/mol. The molecule has 1 atom stereocenters. The first kappa shape index (κ1) is 18.5. The van der Waals surface area contributed by atoms with Crippen LogP contribution >= 0.6 is 0 Å². The molecule has 1 unspecified atom stereocenters. The maximum Gasteiger partial charge on any atom is 0.220 e. The van der Waals surface area contributed by atoms with Crippen LogP contribution in [0, 0.1) is 11.3 Å². The number of carbonyl (C=O) groups is 1. The molecule has 0 bridgehead atoms. The number of nitrogens with one attached hydrogen (secondary N) is 2. The van der Waals surface area contributed by atoms with Gasteiger partial charge in [-0.05, 0) is 57.7 Å². The number of carbonyl (C=O) groups excluding carboxylic acids is 1. The molecule has 142 valence electrons. The summed E-state index contributed by atoms with van der Waals surface area (Å²) in [5.74, 6) is 1.98. The number of likely N-dealkylation sites (tertiary alicyclic amines) is 2. The fraction of sp³-hybridized carbons (Fsp3) is 0.895. The van der Waals surface area contributed by atoms with Crippen molar-refractivity contribution in [1.29, 1.82) is 0 Å². The number of aliphatic imine (C=N–C) groups is 1. The highest BCUT2D eigenvalue weighted by Crippen LogP contribution is 2.36. The average Bonchev–Trinajstić information content (AvgIpc) is 2.97. The molecule has 0 aliphatic carbocycles. The summed E-state index contributed by atoms with van der Waals surface area (Å²) in [5, 5.41) is 6.65. The first-order valence-electron chi connectivity index (χ1n) is 10.1. The van der Waals surface area contributed by atoms with E-state index in [1.165, 1.54) is 38.9 Å². The summed E-state index contributed by atoms with van der Waals surface area (Å²) in [7, 11) is 1.88. The Bertz CT molecular complexity index is 486. The third kappa shape index (κ3) is 4.66. The van der Waals surface area contributed by atoms with Gasteiger partial charge >= 0.3 is 0 Å². The number of hydrogen-bond donors (Lipinski definition) is 2. The highest BCUT2D eigenvalue weighted by molar-refractivity contribution is 5.81. The van der Waals surface area contributed by atoms with E-state index < -0.39 is 0 Å². The Labute approximate surface area is 152 Å². The molecule has 3 heterocycles. The quantitative estimate of drug-likeness (QED) is 0.593. The predicted octanol–water partition coefficient (Wildman–Crippen LogP) is 1.29. The number of amides is 1. The number of piperidine rings is 2.